The van der Waals surface area contributed by atoms with Gasteiger partial charge in [-0.05, 0) is 66.2 Å². The molecule has 3 aromatic rings. The van der Waals surface area contributed by atoms with E-state index in [9.17, 15) is 4.79 Å². The van der Waals surface area contributed by atoms with Crippen molar-refractivity contribution in [2.24, 2.45) is 5.10 Å². The number of hydrogen-bond donors (Lipinski definition) is 0. The number of halogens is 1. The van der Waals surface area contributed by atoms with E-state index in [0.717, 1.165) is 28.3 Å². The third kappa shape index (κ3) is 3.53. The SMILES string of the molecule is COc1ccc(C2=NN(C(C)=O)C(c3ccc(-c4ccc(Cl)cc4)o3)C2)cc1. The molecule has 5 nitrogen and oxygen atoms in total. The molecule has 0 fully saturated rings. The van der Waals surface area contributed by atoms with Crippen molar-refractivity contribution < 1.29 is 13.9 Å². The number of amides is 1. The van der Waals surface area contributed by atoms with Crippen LogP contribution in [-0.4, -0.2) is 23.7 Å². The van der Waals surface area contributed by atoms with Crippen LogP contribution in [0.25, 0.3) is 11.3 Å². The second-order valence-electron chi connectivity index (χ2n) is 6.57. The molecule has 142 valence electrons. The second-order valence-corrected chi connectivity index (χ2v) is 7.00. The van der Waals surface area contributed by atoms with Gasteiger partial charge in [0.25, 0.3) is 0 Å². The quantitative estimate of drug-likeness (QED) is 0.602. The third-order valence-electron chi connectivity index (χ3n) is 4.74. The van der Waals surface area contributed by atoms with Crippen molar-refractivity contribution in [3.8, 4) is 17.1 Å². The van der Waals surface area contributed by atoms with Crippen LogP contribution >= 0.6 is 11.6 Å². The molecule has 1 aliphatic rings. The van der Waals surface area contributed by atoms with Crippen molar-refractivity contribution in [2.75, 3.05) is 7.11 Å². The van der Waals surface area contributed by atoms with Gasteiger partial charge in [-0.1, -0.05) is 11.6 Å². The first kappa shape index (κ1) is 18.3. The Labute approximate surface area is 168 Å². The summed E-state index contributed by atoms with van der Waals surface area (Å²) in [7, 11) is 1.63. The molecule has 28 heavy (non-hydrogen) atoms. The highest BCUT2D eigenvalue weighted by molar-refractivity contribution is 6.30. The fourth-order valence-corrected chi connectivity index (χ4v) is 3.41. The molecule has 0 spiro atoms. The molecule has 4 rings (SSSR count). The number of methoxy groups -OCH3 is 1. The van der Waals surface area contributed by atoms with Gasteiger partial charge < -0.3 is 9.15 Å². The number of ether oxygens (including phenoxy) is 1. The summed E-state index contributed by atoms with van der Waals surface area (Å²) in [5.74, 6) is 2.08. The van der Waals surface area contributed by atoms with Gasteiger partial charge in [0.2, 0.25) is 5.91 Å². The molecule has 2 aromatic carbocycles. The summed E-state index contributed by atoms with van der Waals surface area (Å²) in [4.78, 5) is 12.2. The minimum Gasteiger partial charge on any atom is -0.497 e. The van der Waals surface area contributed by atoms with E-state index in [1.165, 1.54) is 11.9 Å². The monoisotopic (exact) mass is 394 g/mol. The topological polar surface area (TPSA) is 55.0 Å². The van der Waals surface area contributed by atoms with Crippen molar-refractivity contribution in [1.29, 1.82) is 0 Å². The Balaban J connectivity index is 1.61. The maximum atomic E-state index is 12.2. The van der Waals surface area contributed by atoms with Crippen LogP contribution in [0, 0.1) is 0 Å². The van der Waals surface area contributed by atoms with Crippen LogP contribution in [0.4, 0.5) is 0 Å². The number of hydrogen-bond acceptors (Lipinski definition) is 4. The van der Waals surface area contributed by atoms with E-state index < -0.39 is 0 Å². The predicted molar refractivity (Wildman–Crippen MR) is 109 cm³/mol. The summed E-state index contributed by atoms with van der Waals surface area (Å²) in [6.07, 6.45) is 0.583. The Kier molecular flexibility index (Phi) is 4.92. The summed E-state index contributed by atoms with van der Waals surface area (Å²) in [5.41, 5.74) is 2.73. The average molecular weight is 395 g/mol. The van der Waals surface area contributed by atoms with E-state index in [0.29, 0.717) is 17.2 Å². The van der Waals surface area contributed by atoms with E-state index in [4.69, 9.17) is 20.8 Å². The summed E-state index contributed by atoms with van der Waals surface area (Å²) >= 11 is 5.96. The van der Waals surface area contributed by atoms with E-state index in [-0.39, 0.29) is 11.9 Å². The van der Waals surface area contributed by atoms with Gasteiger partial charge >= 0.3 is 0 Å². The van der Waals surface area contributed by atoms with E-state index in [1.807, 2.05) is 60.7 Å². The van der Waals surface area contributed by atoms with Crippen molar-refractivity contribution in [1.82, 2.24) is 5.01 Å². The highest BCUT2D eigenvalue weighted by atomic mass is 35.5. The van der Waals surface area contributed by atoms with Crippen LogP contribution in [0.15, 0.2) is 70.2 Å². The number of nitrogens with zero attached hydrogens (tertiary/aromatic N) is 2. The van der Waals surface area contributed by atoms with Crippen LogP contribution < -0.4 is 4.74 Å². The Hall–Kier alpha value is -3.05. The van der Waals surface area contributed by atoms with Gasteiger partial charge in [0, 0.05) is 23.9 Å². The molecule has 1 amide bonds. The van der Waals surface area contributed by atoms with Gasteiger partial charge in [-0.25, -0.2) is 5.01 Å². The van der Waals surface area contributed by atoms with Crippen molar-refractivity contribution in [3.05, 3.63) is 77.0 Å². The first-order chi connectivity index (χ1) is 13.5. The summed E-state index contributed by atoms with van der Waals surface area (Å²) in [6.45, 7) is 1.51. The lowest BCUT2D eigenvalue weighted by Gasteiger charge is -2.17. The molecule has 0 N–H and O–H groups in total. The molecule has 0 saturated heterocycles. The van der Waals surface area contributed by atoms with Gasteiger partial charge in [-0.2, -0.15) is 5.10 Å². The van der Waals surface area contributed by atoms with Crippen molar-refractivity contribution in [3.63, 3.8) is 0 Å². The smallest absolute Gasteiger partial charge is 0.240 e. The fourth-order valence-electron chi connectivity index (χ4n) is 3.28. The Morgan fingerprint density at radius 2 is 1.75 bits per heavy atom. The standard InChI is InChI=1S/C22H19ClN2O3/c1-14(26)25-20(13-19(24-25)15-5-9-18(27-2)10-6-15)22-12-11-21(28-22)16-3-7-17(23)8-4-16/h3-12,20H,13H2,1-2H3. The molecule has 0 bridgehead atoms. The van der Waals surface area contributed by atoms with Crippen LogP contribution in [0.2, 0.25) is 5.02 Å². The molecule has 1 aliphatic heterocycles. The summed E-state index contributed by atoms with van der Waals surface area (Å²) in [5, 5.41) is 6.71. The van der Waals surface area contributed by atoms with Gasteiger partial charge in [0.05, 0.1) is 12.8 Å². The zero-order valence-corrected chi connectivity index (χ0v) is 16.3. The Bertz CT molecular complexity index is 1020. The number of carbonyl (C=O) groups excluding carboxylic acids is 1. The molecule has 1 atom stereocenters. The maximum absolute atomic E-state index is 12.2. The van der Waals surface area contributed by atoms with Gasteiger partial charge in [-0.3, -0.25) is 4.79 Å². The molecule has 6 heteroatoms. The van der Waals surface area contributed by atoms with Gasteiger partial charge in [-0.15, -0.1) is 0 Å². The molecular weight excluding hydrogens is 376 g/mol. The normalized spacial score (nSPS) is 16.2. The zero-order valence-electron chi connectivity index (χ0n) is 15.6. The number of hydrazone groups is 1. The second kappa shape index (κ2) is 7.52. The Morgan fingerprint density at radius 3 is 2.39 bits per heavy atom. The predicted octanol–water partition coefficient (Wildman–Crippen LogP) is 5.31. The molecular formula is C22H19ClN2O3. The van der Waals surface area contributed by atoms with Crippen LogP contribution in [0.1, 0.15) is 30.7 Å². The van der Waals surface area contributed by atoms with Crippen LogP contribution in [0.3, 0.4) is 0 Å². The average Bonchev–Trinajstić information content (AvgIpc) is 3.36. The minimum atomic E-state index is -0.268. The van der Waals surface area contributed by atoms with Gasteiger partial charge in [0.1, 0.15) is 23.3 Å². The van der Waals surface area contributed by atoms with E-state index >= 15 is 0 Å². The molecule has 2 heterocycles. The summed E-state index contributed by atoms with van der Waals surface area (Å²) < 4.78 is 11.3. The number of furan rings is 1. The minimum absolute atomic E-state index is 0.127. The van der Waals surface area contributed by atoms with E-state index in [1.54, 1.807) is 7.11 Å². The number of rotatable bonds is 4. The molecule has 0 radical (unpaired) electrons. The lowest BCUT2D eigenvalue weighted by molar-refractivity contribution is -0.130. The molecule has 0 aliphatic carbocycles. The number of carbonyl (C=O) groups is 1. The van der Waals surface area contributed by atoms with Crippen molar-refractivity contribution in [2.45, 2.75) is 19.4 Å². The number of benzene rings is 2. The van der Waals surface area contributed by atoms with Crippen LogP contribution in [-0.2, 0) is 4.79 Å². The third-order valence-corrected chi connectivity index (χ3v) is 4.99. The van der Waals surface area contributed by atoms with E-state index in [2.05, 4.69) is 5.10 Å². The molecule has 1 aromatic heterocycles. The first-order valence-corrected chi connectivity index (χ1v) is 9.30. The zero-order chi connectivity index (χ0) is 19.7. The molecule has 0 saturated carbocycles. The largest absolute Gasteiger partial charge is 0.497 e. The lowest BCUT2D eigenvalue weighted by Crippen LogP contribution is -2.23. The van der Waals surface area contributed by atoms with Crippen LogP contribution in [0.5, 0.6) is 5.75 Å². The van der Waals surface area contributed by atoms with Gasteiger partial charge in [0.15, 0.2) is 0 Å². The first-order valence-electron chi connectivity index (χ1n) is 8.92. The Morgan fingerprint density at radius 1 is 1.07 bits per heavy atom. The fraction of sp³-hybridized carbons (Fsp3) is 0.182. The lowest BCUT2D eigenvalue weighted by atomic mass is 10.0. The molecule has 1 unspecified atom stereocenters. The summed E-state index contributed by atoms with van der Waals surface area (Å²) in [6, 6.07) is 18.6. The maximum Gasteiger partial charge on any atom is 0.240 e. The highest BCUT2D eigenvalue weighted by Crippen LogP contribution is 2.36. The van der Waals surface area contributed by atoms with Crippen molar-refractivity contribution >= 4 is 23.2 Å². The highest BCUT2D eigenvalue weighted by Gasteiger charge is 2.33.